The number of aromatic carboxylic acids is 1. The summed E-state index contributed by atoms with van der Waals surface area (Å²) in [5.74, 6) is -0.139. The Bertz CT molecular complexity index is 952. The van der Waals surface area contributed by atoms with Crippen LogP contribution in [0.3, 0.4) is 0 Å². The van der Waals surface area contributed by atoms with Gasteiger partial charge in [-0.2, -0.15) is 0 Å². The van der Waals surface area contributed by atoms with Gasteiger partial charge in [0, 0.05) is 29.7 Å². The molecule has 2 aliphatic rings. The molecule has 0 spiro atoms. The topological polar surface area (TPSA) is 62.1 Å². The molecule has 1 aromatic heterocycles. The number of nitrogens with one attached hydrogen (secondary N) is 1. The highest BCUT2D eigenvalue weighted by atomic mass is 32.1. The van der Waals surface area contributed by atoms with Crippen molar-refractivity contribution in [2.24, 2.45) is 11.8 Å². The van der Waals surface area contributed by atoms with Crippen LogP contribution in [0.4, 0.5) is 5.69 Å². The van der Waals surface area contributed by atoms with Crippen LogP contribution in [-0.2, 0) is 4.79 Å². The molecule has 1 aliphatic heterocycles. The summed E-state index contributed by atoms with van der Waals surface area (Å²) < 4.78 is 0. The Morgan fingerprint density at radius 2 is 1.66 bits per heavy atom. The van der Waals surface area contributed by atoms with Crippen LogP contribution in [0.25, 0.3) is 10.4 Å². The first kappa shape index (κ1) is 23.0. The first-order chi connectivity index (χ1) is 15.3. The number of anilines is 1. The van der Waals surface area contributed by atoms with E-state index in [4.69, 9.17) is 0 Å². The Morgan fingerprint density at radius 3 is 2.25 bits per heavy atom. The summed E-state index contributed by atoms with van der Waals surface area (Å²) >= 11 is 1.29. The number of thiophene rings is 1. The number of likely N-dealkylation sites (tertiary alicyclic amines) is 1. The van der Waals surface area contributed by atoms with Crippen LogP contribution in [0.15, 0.2) is 30.3 Å². The number of carbonyl (C=O) groups is 2. The molecule has 172 valence electrons. The summed E-state index contributed by atoms with van der Waals surface area (Å²) in [6.07, 6.45) is 5.79. The fourth-order valence-electron chi connectivity index (χ4n) is 5.13. The molecule has 2 N–H and O–H groups in total. The number of carboxylic acid groups (broad SMARTS) is 1. The van der Waals surface area contributed by atoms with Crippen molar-refractivity contribution in [2.45, 2.75) is 58.4 Å². The molecule has 2 heterocycles. The van der Waals surface area contributed by atoms with Crippen LogP contribution in [0.1, 0.15) is 60.7 Å². The van der Waals surface area contributed by atoms with E-state index in [1.54, 1.807) is 0 Å². The second-order valence-electron chi connectivity index (χ2n) is 9.85. The predicted molar refractivity (Wildman–Crippen MR) is 130 cm³/mol. The van der Waals surface area contributed by atoms with Gasteiger partial charge in [0.2, 0.25) is 5.91 Å². The molecule has 1 aliphatic carbocycles. The SMILES string of the molecule is Cc1ccc(-c2cc(N(C(=O)C3CCC(C)CC3)C3CC[NH+](C)CC3)c(C(=O)O)s2)cc1. The van der Waals surface area contributed by atoms with Gasteiger partial charge < -0.3 is 14.9 Å². The lowest BCUT2D eigenvalue weighted by molar-refractivity contribution is -0.884. The zero-order chi connectivity index (χ0) is 22.8. The van der Waals surface area contributed by atoms with Gasteiger partial charge in [-0.15, -0.1) is 11.3 Å². The van der Waals surface area contributed by atoms with Gasteiger partial charge in [-0.3, -0.25) is 4.79 Å². The fourth-order valence-corrected chi connectivity index (χ4v) is 6.12. The summed E-state index contributed by atoms with van der Waals surface area (Å²) in [6.45, 7) is 6.31. The lowest BCUT2D eigenvalue weighted by atomic mass is 9.82. The third-order valence-electron chi connectivity index (χ3n) is 7.28. The molecule has 5 nitrogen and oxygen atoms in total. The number of carboxylic acids is 1. The maximum Gasteiger partial charge on any atom is 0.348 e. The highest BCUT2D eigenvalue weighted by molar-refractivity contribution is 7.18. The Balaban J connectivity index is 1.73. The summed E-state index contributed by atoms with van der Waals surface area (Å²) in [7, 11) is 2.19. The molecule has 1 saturated carbocycles. The number of aryl methyl sites for hydroxylation is 1. The maximum atomic E-state index is 13.9. The summed E-state index contributed by atoms with van der Waals surface area (Å²) in [5.41, 5.74) is 2.77. The van der Waals surface area contributed by atoms with Crippen LogP contribution in [0.5, 0.6) is 0 Å². The lowest BCUT2D eigenvalue weighted by Crippen LogP contribution is -3.10. The van der Waals surface area contributed by atoms with Crippen molar-refractivity contribution < 1.29 is 19.6 Å². The van der Waals surface area contributed by atoms with E-state index in [0.29, 0.717) is 11.6 Å². The third kappa shape index (κ3) is 4.91. The molecule has 1 aromatic carbocycles. The van der Waals surface area contributed by atoms with E-state index in [-0.39, 0.29) is 22.7 Å². The smallest absolute Gasteiger partial charge is 0.348 e. The van der Waals surface area contributed by atoms with Crippen molar-refractivity contribution in [1.29, 1.82) is 0 Å². The second kappa shape index (κ2) is 9.75. The molecule has 6 heteroatoms. The van der Waals surface area contributed by atoms with Crippen molar-refractivity contribution >= 4 is 28.9 Å². The van der Waals surface area contributed by atoms with Crippen LogP contribution in [0.2, 0.25) is 0 Å². The van der Waals surface area contributed by atoms with E-state index in [0.717, 1.165) is 62.1 Å². The van der Waals surface area contributed by atoms with Crippen LogP contribution < -0.4 is 9.80 Å². The zero-order valence-corrected chi connectivity index (χ0v) is 20.2. The summed E-state index contributed by atoms with van der Waals surface area (Å²) in [6, 6.07) is 10.2. The minimum atomic E-state index is -0.947. The van der Waals surface area contributed by atoms with Crippen molar-refractivity contribution in [3.05, 3.63) is 40.8 Å². The highest BCUT2D eigenvalue weighted by Gasteiger charge is 2.37. The molecular weight excluding hydrogens is 420 g/mol. The average Bonchev–Trinajstić information content (AvgIpc) is 3.21. The van der Waals surface area contributed by atoms with Gasteiger partial charge in [-0.1, -0.05) is 36.8 Å². The molecule has 0 unspecified atom stereocenters. The molecule has 2 fully saturated rings. The van der Waals surface area contributed by atoms with Crippen molar-refractivity contribution in [1.82, 2.24) is 0 Å². The van der Waals surface area contributed by atoms with Gasteiger partial charge in [0.15, 0.2) is 0 Å². The molecule has 0 atom stereocenters. The molecule has 1 saturated heterocycles. The zero-order valence-electron chi connectivity index (χ0n) is 19.4. The van der Waals surface area contributed by atoms with E-state index in [1.807, 2.05) is 42.2 Å². The molecule has 0 bridgehead atoms. The highest BCUT2D eigenvalue weighted by Crippen LogP contribution is 2.40. The fraction of sp³-hybridized carbons (Fsp3) is 0.538. The van der Waals surface area contributed by atoms with Gasteiger partial charge in [0.25, 0.3) is 0 Å². The Hall–Kier alpha value is -2.18. The van der Waals surface area contributed by atoms with E-state index in [2.05, 4.69) is 14.0 Å². The number of piperidine rings is 1. The van der Waals surface area contributed by atoms with Gasteiger partial charge in [0.1, 0.15) is 4.88 Å². The van der Waals surface area contributed by atoms with Crippen molar-refractivity contribution in [2.75, 3.05) is 25.0 Å². The Kier molecular flexibility index (Phi) is 7.01. The molecule has 2 aromatic rings. The first-order valence-corrected chi connectivity index (χ1v) is 12.7. The summed E-state index contributed by atoms with van der Waals surface area (Å²) in [5, 5.41) is 10.1. The minimum absolute atomic E-state index is 0.00238. The Morgan fingerprint density at radius 1 is 1.03 bits per heavy atom. The van der Waals surface area contributed by atoms with E-state index in [1.165, 1.54) is 21.8 Å². The van der Waals surface area contributed by atoms with Gasteiger partial charge in [0.05, 0.1) is 25.8 Å². The number of carbonyl (C=O) groups excluding carboxylic acids is 1. The van der Waals surface area contributed by atoms with Gasteiger partial charge in [-0.25, -0.2) is 4.79 Å². The van der Waals surface area contributed by atoms with E-state index < -0.39 is 5.97 Å². The van der Waals surface area contributed by atoms with Crippen LogP contribution in [-0.4, -0.2) is 43.2 Å². The normalized spacial score (nSPS) is 26.0. The third-order valence-corrected chi connectivity index (χ3v) is 8.44. The molecule has 4 rings (SSSR count). The quantitative estimate of drug-likeness (QED) is 0.708. The molecule has 32 heavy (non-hydrogen) atoms. The largest absolute Gasteiger partial charge is 0.477 e. The number of quaternary nitrogens is 1. The van der Waals surface area contributed by atoms with Crippen molar-refractivity contribution in [3.8, 4) is 10.4 Å². The number of hydrogen-bond acceptors (Lipinski definition) is 3. The maximum absolute atomic E-state index is 13.9. The lowest BCUT2D eigenvalue weighted by Gasteiger charge is -2.38. The molecule has 0 radical (unpaired) electrons. The van der Waals surface area contributed by atoms with E-state index >= 15 is 0 Å². The number of benzene rings is 1. The summed E-state index contributed by atoms with van der Waals surface area (Å²) in [4.78, 5) is 30.7. The minimum Gasteiger partial charge on any atom is -0.477 e. The average molecular weight is 456 g/mol. The van der Waals surface area contributed by atoms with Crippen molar-refractivity contribution in [3.63, 3.8) is 0 Å². The molecular formula is C26H35N2O3S+. The monoisotopic (exact) mass is 455 g/mol. The number of amides is 1. The van der Waals surface area contributed by atoms with Gasteiger partial charge >= 0.3 is 5.97 Å². The molecule has 1 amide bonds. The number of nitrogens with zero attached hydrogens (tertiary/aromatic N) is 1. The van der Waals surface area contributed by atoms with Gasteiger partial charge in [-0.05, 0) is 50.2 Å². The number of rotatable bonds is 5. The van der Waals surface area contributed by atoms with E-state index in [9.17, 15) is 14.7 Å². The van der Waals surface area contributed by atoms with Crippen LogP contribution in [0, 0.1) is 18.8 Å². The first-order valence-electron chi connectivity index (χ1n) is 11.9. The Labute approximate surface area is 195 Å². The second-order valence-corrected chi connectivity index (χ2v) is 10.9. The number of hydrogen-bond donors (Lipinski definition) is 2. The predicted octanol–water partition coefficient (Wildman–Crippen LogP) is 4.26. The van der Waals surface area contributed by atoms with Crippen LogP contribution >= 0.6 is 11.3 Å². The standard InChI is InChI=1S/C26H34N2O3S/c1-17-4-8-19(9-5-17)23-16-22(24(32-23)26(30)31)28(21-12-14-27(3)15-13-21)25(29)20-10-6-18(2)7-11-20/h4-5,8-9,16,18,20-21H,6-7,10-15H2,1-3H3,(H,30,31)/p+1.